The van der Waals surface area contributed by atoms with Crippen molar-refractivity contribution in [3.05, 3.63) is 88.9 Å². The van der Waals surface area contributed by atoms with E-state index in [4.69, 9.17) is 16.3 Å². The van der Waals surface area contributed by atoms with E-state index in [0.29, 0.717) is 17.2 Å². The van der Waals surface area contributed by atoms with Crippen molar-refractivity contribution in [3.8, 4) is 5.75 Å². The Labute approximate surface area is 248 Å². The van der Waals surface area contributed by atoms with Crippen molar-refractivity contribution in [2.24, 2.45) is 0 Å². The van der Waals surface area contributed by atoms with Crippen LogP contribution in [0.4, 0.5) is 5.69 Å². The van der Waals surface area contributed by atoms with Gasteiger partial charge in [0.05, 0.1) is 17.7 Å². The molecule has 0 aromatic heterocycles. The molecule has 41 heavy (non-hydrogen) atoms. The molecule has 8 nitrogen and oxygen atoms in total. The Bertz CT molecular complexity index is 1450. The van der Waals surface area contributed by atoms with Crippen LogP contribution in [0.2, 0.25) is 5.02 Å². The maximum Gasteiger partial charge on any atom is 0.264 e. The Balaban J connectivity index is 2.07. The van der Waals surface area contributed by atoms with E-state index in [9.17, 15) is 18.0 Å². The summed E-state index contributed by atoms with van der Waals surface area (Å²) in [5, 5.41) is 3.39. The molecule has 0 aliphatic rings. The van der Waals surface area contributed by atoms with Gasteiger partial charge in [-0.25, -0.2) is 8.42 Å². The molecule has 0 fully saturated rings. The van der Waals surface area contributed by atoms with Crippen molar-refractivity contribution < 1.29 is 22.7 Å². The van der Waals surface area contributed by atoms with Gasteiger partial charge < -0.3 is 15.0 Å². The lowest BCUT2D eigenvalue weighted by atomic mass is 10.0. The minimum atomic E-state index is -4.19. The Morgan fingerprint density at radius 1 is 1.00 bits per heavy atom. The number of carbonyl (C=O) groups is 2. The molecule has 3 aromatic rings. The molecule has 0 heterocycles. The van der Waals surface area contributed by atoms with E-state index < -0.39 is 34.1 Å². The highest BCUT2D eigenvalue weighted by atomic mass is 35.5. The Morgan fingerprint density at radius 2 is 1.63 bits per heavy atom. The van der Waals surface area contributed by atoms with Crippen molar-refractivity contribution in [2.45, 2.75) is 64.1 Å². The zero-order valence-electron chi connectivity index (χ0n) is 24.3. The minimum absolute atomic E-state index is 0.0104. The molecule has 3 rings (SSSR count). The number of benzene rings is 3. The second-order valence-electron chi connectivity index (χ2n) is 10.8. The Hall–Kier alpha value is -3.56. The van der Waals surface area contributed by atoms with Gasteiger partial charge in [0.15, 0.2) is 0 Å². The van der Waals surface area contributed by atoms with Crippen molar-refractivity contribution in [1.29, 1.82) is 0 Å². The molecule has 0 saturated carbocycles. The lowest BCUT2D eigenvalue weighted by molar-refractivity contribution is -0.141. The van der Waals surface area contributed by atoms with Crippen LogP contribution in [-0.4, -0.2) is 50.4 Å². The maximum atomic E-state index is 14.1. The summed E-state index contributed by atoms with van der Waals surface area (Å²) < 4.78 is 34.1. The van der Waals surface area contributed by atoms with Crippen molar-refractivity contribution in [2.75, 3.05) is 18.0 Å². The van der Waals surface area contributed by atoms with E-state index in [1.807, 2.05) is 58.9 Å². The number of halogens is 1. The largest absolute Gasteiger partial charge is 0.497 e. The summed E-state index contributed by atoms with van der Waals surface area (Å²) in [7, 11) is -2.70. The third-order valence-corrected chi connectivity index (χ3v) is 8.40. The van der Waals surface area contributed by atoms with Gasteiger partial charge >= 0.3 is 0 Å². The molecule has 0 aliphatic carbocycles. The maximum absolute atomic E-state index is 14.1. The third kappa shape index (κ3) is 8.47. The summed E-state index contributed by atoms with van der Waals surface area (Å²) in [5.74, 6) is -0.329. The van der Waals surface area contributed by atoms with Gasteiger partial charge in [-0.1, -0.05) is 48.4 Å². The number of anilines is 1. The molecule has 220 valence electrons. The first-order valence-corrected chi connectivity index (χ1v) is 15.2. The van der Waals surface area contributed by atoms with Crippen LogP contribution in [-0.2, 0) is 26.2 Å². The zero-order valence-corrected chi connectivity index (χ0v) is 25.9. The summed E-state index contributed by atoms with van der Waals surface area (Å²) in [6, 6.07) is 19.0. The van der Waals surface area contributed by atoms with Crippen LogP contribution >= 0.6 is 11.6 Å². The zero-order chi connectivity index (χ0) is 30.4. The molecule has 1 atom stereocenters. The smallest absolute Gasteiger partial charge is 0.264 e. The average molecular weight is 600 g/mol. The predicted octanol–water partition coefficient (Wildman–Crippen LogP) is 5.57. The number of nitrogens with one attached hydrogen (secondary N) is 1. The van der Waals surface area contributed by atoms with E-state index in [0.717, 1.165) is 15.4 Å². The number of aryl methyl sites for hydroxylation is 1. The summed E-state index contributed by atoms with van der Waals surface area (Å²) in [5.41, 5.74) is 1.58. The number of hydrogen-bond donors (Lipinski definition) is 1. The Kier molecular flexibility index (Phi) is 10.4. The van der Waals surface area contributed by atoms with Crippen molar-refractivity contribution >= 4 is 39.1 Å². The quantitative estimate of drug-likeness (QED) is 0.311. The number of nitrogens with zero attached hydrogens (tertiary/aromatic N) is 2. The lowest BCUT2D eigenvalue weighted by Crippen LogP contribution is -2.55. The molecule has 1 N–H and O–H groups in total. The fourth-order valence-corrected chi connectivity index (χ4v) is 5.93. The highest BCUT2D eigenvalue weighted by Gasteiger charge is 2.34. The summed E-state index contributed by atoms with van der Waals surface area (Å²) >= 11 is 6.09. The molecule has 0 spiro atoms. The number of methoxy groups -OCH3 is 1. The lowest BCUT2D eigenvalue weighted by Gasteiger charge is -2.34. The van der Waals surface area contributed by atoms with Crippen LogP contribution in [0.15, 0.2) is 77.7 Å². The molecule has 0 radical (unpaired) electrons. The highest BCUT2D eigenvalue weighted by Crippen LogP contribution is 2.27. The number of amides is 2. The molecule has 2 amide bonds. The van der Waals surface area contributed by atoms with Gasteiger partial charge in [0.25, 0.3) is 10.0 Å². The van der Waals surface area contributed by atoms with E-state index >= 15 is 0 Å². The number of hydrogen-bond acceptors (Lipinski definition) is 5. The molecular weight excluding hydrogens is 562 g/mol. The van der Waals surface area contributed by atoms with Crippen LogP contribution in [0.5, 0.6) is 5.75 Å². The topological polar surface area (TPSA) is 96.0 Å². The second kappa shape index (κ2) is 13.4. The summed E-state index contributed by atoms with van der Waals surface area (Å²) in [6.07, 6.45) is 0.339. The van der Waals surface area contributed by atoms with Crippen LogP contribution in [0, 0.1) is 6.92 Å². The first-order chi connectivity index (χ1) is 19.2. The van der Waals surface area contributed by atoms with Crippen molar-refractivity contribution in [1.82, 2.24) is 10.2 Å². The molecule has 10 heteroatoms. The number of rotatable bonds is 11. The Morgan fingerprint density at radius 3 is 2.17 bits per heavy atom. The molecule has 0 aliphatic heterocycles. The van der Waals surface area contributed by atoms with Gasteiger partial charge in [0.2, 0.25) is 11.8 Å². The normalized spacial score (nSPS) is 12.4. The third-order valence-electron chi connectivity index (χ3n) is 6.36. The molecule has 0 bridgehead atoms. The van der Waals surface area contributed by atoms with Gasteiger partial charge in [-0.05, 0) is 88.2 Å². The number of sulfonamides is 1. The fourth-order valence-electron chi connectivity index (χ4n) is 4.39. The number of carbonyl (C=O) groups excluding carboxylic acids is 2. The monoisotopic (exact) mass is 599 g/mol. The predicted molar refractivity (Wildman–Crippen MR) is 163 cm³/mol. The van der Waals surface area contributed by atoms with E-state index in [-0.39, 0.29) is 23.0 Å². The second-order valence-corrected chi connectivity index (χ2v) is 13.1. The summed E-state index contributed by atoms with van der Waals surface area (Å²) in [4.78, 5) is 29.0. The molecule has 0 saturated heterocycles. The van der Waals surface area contributed by atoms with Gasteiger partial charge in [-0.2, -0.15) is 0 Å². The molecule has 0 unspecified atom stereocenters. The first-order valence-electron chi connectivity index (χ1n) is 13.3. The SMILES string of the molecule is CC[C@@H](C(=O)NC(C)(C)C)N(Cc1cccc(C)c1)C(=O)CN(c1ccc(Cl)cc1)S(=O)(=O)c1ccc(OC)cc1. The van der Waals surface area contributed by atoms with E-state index in [2.05, 4.69) is 5.32 Å². The summed E-state index contributed by atoms with van der Waals surface area (Å²) in [6.45, 7) is 8.99. The van der Waals surface area contributed by atoms with Gasteiger partial charge in [0.1, 0.15) is 18.3 Å². The highest BCUT2D eigenvalue weighted by molar-refractivity contribution is 7.92. The van der Waals surface area contributed by atoms with E-state index in [1.165, 1.54) is 24.1 Å². The first kappa shape index (κ1) is 32.0. The standard InChI is InChI=1S/C31H38ClN3O5S/c1-7-28(30(37)33-31(3,4)5)34(20-23-10-8-9-22(2)19-23)29(36)21-35(25-13-11-24(32)12-14-25)41(38,39)27-17-15-26(40-6)16-18-27/h8-19,28H,7,20-21H2,1-6H3,(H,33,37)/t28-/m0/s1. The van der Waals surface area contributed by atoms with Gasteiger partial charge in [-0.3, -0.25) is 13.9 Å². The average Bonchev–Trinajstić information content (AvgIpc) is 2.91. The van der Waals surface area contributed by atoms with Crippen LogP contribution in [0.3, 0.4) is 0 Å². The van der Waals surface area contributed by atoms with E-state index in [1.54, 1.807) is 36.4 Å². The minimum Gasteiger partial charge on any atom is -0.497 e. The molecule has 3 aromatic carbocycles. The van der Waals surface area contributed by atoms with Gasteiger partial charge in [0, 0.05) is 17.1 Å². The van der Waals surface area contributed by atoms with Gasteiger partial charge in [-0.15, -0.1) is 0 Å². The van der Waals surface area contributed by atoms with Crippen LogP contribution < -0.4 is 14.4 Å². The van der Waals surface area contributed by atoms with Crippen molar-refractivity contribution in [3.63, 3.8) is 0 Å². The van der Waals surface area contributed by atoms with Crippen LogP contribution in [0.25, 0.3) is 0 Å². The molecular formula is C31H38ClN3O5S. The van der Waals surface area contributed by atoms with Crippen LogP contribution in [0.1, 0.15) is 45.2 Å². The number of ether oxygens (including phenoxy) is 1. The fraction of sp³-hybridized carbons (Fsp3) is 0.355.